The van der Waals surface area contributed by atoms with Crippen molar-refractivity contribution in [3.05, 3.63) is 63.9 Å². The minimum atomic E-state index is -0.249. The lowest BCUT2D eigenvalue weighted by atomic mass is 9.98. The van der Waals surface area contributed by atoms with Crippen LogP contribution in [0.1, 0.15) is 21.6 Å². The Balaban J connectivity index is 1.89. The summed E-state index contributed by atoms with van der Waals surface area (Å²) in [5, 5.41) is 0. The number of imide groups is 1. The van der Waals surface area contributed by atoms with Crippen LogP contribution in [0.2, 0.25) is 0 Å². The molecule has 0 saturated heterocycles. The molecule has 0 saturated carbocycles. The maximum absolute atomic E-state index is 12.4. The smallest absolute Gasteiger partial charge is 0.261 e. The molecule has 0 bridgehead atoms. The highest BCUT2D eigenvalue weighted by Gasteiger charge is 2.30. The van der Waals surface area contributed by atoms with Crippen LogP contribution in [-0.4, -0.2) is 21.7 Å². The number of amides is 2. The molecule has 1 aromatic heterocycles. The van der Waals surface area contributed by atoms with E-state index in [-0.39, 0.29) is 24.8 Å². The highest BCUT2D eigenvalue weighted by Crippen LogP contribution is 2.21. The first-order valence-corrected chi connectivity index (χ1v) is 6.97. The number of pyridine rings is 1. The maximum atomic E-state index is 12.4. The van der Waals surface area contributed by atoms with Gasteiger partial charge in [-0.25, -0.2) is 0 Å². The van der Waals surface area contributed by atoms with Crippen molar-refractivity contribution in [2.75, 3.05) is 0 Å². The quantitative estimate of drug-likeness (QED) is 0.795. The summed E-state index contributed by atoms with van der Waals surface area (Å²) in [5.74, 6) is -0.431. The summed E-state index contributed by atoms with van der Waals surface area (Å²) in [4.78, 5) is 29.9. The Labute approximate surface area is 124 Å². The van der Waals surface area contributed by atoms with Crippen LogP contribution in [0.25, 0.3) is 0 Å². The van der Waals surface area contributed by atoms with Crippen molar-refractivity contribution in [1.82, 2.24) is 9.88 Å². The molecule has 0 fully saturated rings. The number of rotatable bonds is 2. The fourth-order valence-electron chi connectivity index (χ4n) is 2.22. The standard InChI is InChI=1S/C15H11BrN2O2/c16-11-5-6-12(17-8-11)9-18-14(19)7-10-3-1-2-4-13(10)15(18)20/h1-6,8H,7,9H2. The van der Waals surface area contributed by atoms with E-state index in [9.17, 15) is 9.59 Å². The minimum Gasteiger partial charge on any atom is -0.274 e. The van der Waals surface area contributed by atoms with E-state index in [0.717, 1.165) is 10.0 Å². The number of nitrogens with zero attached hydrogens (tertiary/aromatic N) is 2. The lowest BCUT2D eigenvalue weighted by Crippen LogP contribution is -2.41. The third-order valence-corrected chi connectivity index (χ3v) is 3.71. The summed E-state index contributed by atoms with van der Waals surface area (Å²) in [7, 11) is 0. The van der Waals surface area contributed by atoms with Gasteiger partial charge in [0.1, 0.15) is 0 Å². The van der Waals surface area contributed by atoms with Crippen LogP contribution in [0.3, 0.4) is 0 Å². The molecule has 100 valence electrons. The average Bonchev–Trinajstić information content (AvgIpc) is 2.45. The van der Waals surface area contributed by atoms with E-state index >= 15 is 0 Å². The van der Waals surface area contributed by atoms with E-state index < -0.39 is 0 Å². The average molecular weight is 331 g/mol. The largest absolute Gasteiger partial charge is 0.274 e. The zero-order valence-electron chi connectivity index (χ0n) is 10.5. The van der Waals surface area contributed by atoms with E-state index in [1.165, 1.54) is 4.90 Å². The van der Waals surface area contributed by atoms with Gasteiger partial charge in [0.2, 0.25) is 5.91 Å². The number of benzene rings is 1. The van der Waals surface area contributed by atoms with Crippen molar-refractivity contribution in [3.63, 3.8) is 0 Å². The molecule has 1 aromatic carbocycles. The molecule has 1 aliphatic heterocycles. The normalized spacial score (nSPS) is 14.3. The first kappa shape index (κ1) is 13.0. The van der Waals surface area contributed by atoms with Gasteiger partial charge in [0.25, 0.3) is 5.91 Å². The lowest BCUT2D eigenvalue weighted by molar-refractivity contribution is -0.128. The van der Waals surface area contributed by atoms with Crippen LogP contribution in [0.15, 0.2) is 47.1 Å². The summed E-state index contributed by atoms with van der Waals surface area (Å²) in [5.41, 5.74) is 2.08. The third kappa shape index (κ3) is 2.36. The summed E-state index contributed by atoms with van der Waals surface area (Å²) in [6.45, 7) is 0.208. The van der Waals surface area contributed by atoms with Crippen LogP contribution >= 0.6 is 15.9 Å². The van der Waals surface area contributed by atoms with Crippen LogP contribution < -0.4 is 0 Å². The Morgan fingerprint density at radius 3 is 2.70 bits per heavy atom. The summed E-state index contributed by atoms with van der Waals surface area (Å²) in [6.07, 6.45) is 1.92. The van der Waals surface area contributed by atoms with Crippen molar-refractivity contribution in [2.24, 2.45) is 0 Å². The predicted molar refractivity (Wildman–Crippen MR) is 77.0 cm³/mol. The zero-order chi connectivity index (χ0) is 14.1. The fourth-order valence-corrected chi connectivity index (χ4v) is 2.46. The van der Waals surface area contributed by atoms with Gasteiger partial charge in [0.15, 0.2) is 0 Å². The van der Waals surface area contributed by atoms with E-state index in [0.29, 0.717) is 11.3 Å². The van der Waals surface area contributed by atoms with Gasteiger partial charge in [0, 0.05) is 16.2 Å². The second-order valence-corrected chi connectivity index (χ2v) is 5.50. The highest BCUT2D eigenvalue weighted by atomic mass is 79.9. The molecule has 0 radical (unpaired) electrons. The van der Waals surface area contributed by atoms with Crippen LogP contribution in [0.5, 0.6) is 0 Å². The van der Waals surface area contributed by atoms with Crippen molar-refractivity contribution in [3.8, 4) is 0 Å². The molecule has 0 spiro atoms. The van der Waals surface area contributed by atoms with E-state index in [4.69, 9.17) is 0 Å². The van der Waals surface area contributed by atoms with Gasteiger partial charge in [-0.05, 0) is 39.7 Å². The predicted octanol–water partition coefficient (Wildman–Crippen LogP) is 2.57. The fraction of sp³-hybridized carbons (Fsp3) is 0.133. The lowest BCUT2D eigenvalue weighted by Gasteiger charge is -2.26. The number of hydrogen-bond acceptors (Lipinski definition) is 3. The van der Waals surface area contributed by atoms with Gasteiger partial charge in [-0.3, -0.25) is 19.5 Å². The topological polar surface area (TPSA) is 50.3 Å². The monoisotopic (exact) mass is 330 g/mol. The van der Waals surface area contributed by atoms with Crippen LogP contribution in [-0.2, 0) is 17.8 Å². The van der Waals surface area contributed by atoms with E-state index in [2.05, 4.69) is 20.9 Å². The molecule has 5 heteroatoms. The Kier molecular flexibility index (Phi) is 3.36. The molecule has 2 amide bonds. The highest BCUT2D eigenvalue weighted by molar-refractivity contribution is 9.10. The number of carbonyl (C=O) groups is 2. The first-order chi connectivity index (χ1) is 9.65. The number of halogens is 1. The summed E-state index contributed by atoms with van der Waals surface area (Å²) < 4.78 is 0.864. The Morgan fingerprint density at radius 2 is 1.95 bits per heavy atom. The summed E-state index contributed by atoms with van der Waals surface area (Å²) >= 11 is 3.31. The van der Waals surface area contributed by atoms with Crippen molar-refractivity contribution in [1.29, 1.82) is 0 Å². The van der Waals surface area contributed by atoms with Gasteiger partial charge in [-0.15, -0.1) is 0 Å². The van der Waals surface area contributed by atoms with Crippen molar-refractivity contribution < 1.29 is 9.59 Å². The molecular formula is C15H11BrN2O2. The number of carbonyl (C=O) groups excluding carboxylic acids is 2. The number of hydrogen-bond donors (Lipinski definition) is 0. The first-order valence-electron chi connectivity index (χ1n) is 6.18. The minimum absolute atomic E-state index is 0.182. The van der Waals surface area contributed by atoms with E-state index in [1.807, 2.05) is 24.3 Å². The molecule has 0 unspecified atom stereocenters. The Morgan fingerprint density at radius 1 is 1.15 bits per heavy atom. The molecule has 0 aliphatic carbocycles. The number of aromatic nitrogens is 1. The Hall–Kier alpha value is -2.01. The molecule has 0 N–H and O–H groups in total. The van der Waals surface area contributed by atoms with Gasteiger partial charge in [0.05, 0.1) is 18.7 Å². The second-order valence-electron chi connectivity index (χ2n) is 4.59. The van der Waals surface area contributed by atoms with Gasteiger partial charge >= 0.3 is 0 Å². The van der Waals surface area contributed by atoms with Crippen LogP contribution in [0.4, 0.5) is 0 Å². The molecule has 0 atom stereocenters. The molecule has 4 nitrogen and oxygen atoms in total. The van der Waals surface area contributed by atoms with Gasteiger partial charge < -0.3 is 0 Å². The molecule has 3 rings (SSSR count). The van der Waals surface area contributed by atoms with Crippen molar-refractivity contribution in [2.45, 2.75) is 13.0 Å². The van der Waals surface area contributed by atoms with Gasteiger partial charge in [-0.2, -0.15) is 0 Å². The zero-order valence-corrected chi connectivity index (χ0v) is 12.1. The maximum Gasteiger partial charge on any atom is 0.261 e. The van der Waals surface area contributed by atoms with Gasteiger partial charge in [-0.1, -0.05) is 18.2 Å². The van der Waals surface area contributed by atoms with E-state index in [1.54, 1.807) is 18.3 Å². The third-order valence-electron chi connectivity index (χ3n) is 3.24. The molecule has 20 heavy (non-hydrogen) atoms. The Bertz CT molecular complexity index is 683. The number of fused-ring (bicyclic) bond motifs is 1. The molecule has 2 aromatic rings. The van der Waals surface area contributed by atoms with Crippen molar-refractivity contribution >= 4 is 27.7 Å². The SMILES string of the molecule is O=C1Cc2ccccc2C(=O)N1Cc1ccc(Br)cn1. The summed E-state index contributed by atoms with van der Waals surface area (Å²) in [6, 6.07) is 10.9. The molecule has 2 heterocycles. The molecule has 1 aliphatic rings. The van der Waals surface area contributed by atoms with Crippen LogP contribution in [0, 0.1) is 0 Å². The molecular weight excluding hydrogens is 320 g/mol. The second kappa shape index (κ2) is 5.17.